The average Bonchev–Trinajstić information content (AvgIpc) is 3.42. The maximum Gasteiger partial charge on any atom is 0.410 e. The topological polar surface area (TPSA) is 42.0 Å². The van der Waals surface area contributed by atoms with Crippen LogP contribution < -0.4 is 0 Å². The number of amides is 1. The van der Waals surface area contributed by atoms with Crippen LogP contribution in [0.15, 0.2) is 60.7 Å². The number of benzene rings is 2. The molecule has 2 aromatic carbocycles. The van der Waals surface area contributed by atoms with Crippen molar-refractivity contribution in [1.29, 1.82) is 0 Å². The summed E-state index contributed by atoms with van der Waals surface area (Å²) in [4.78, 5) is 17.2. The van der Waals surface area contributed by atoms with Crippen molar-refractivity contribution >= 4 is 6.09 Å². The van der Waals surface area contributed by atoms with Crippen molar-refractivity contribution < 1.29 is 14.3 Å². The fraction of sp³-hybridized carbons (Fsp3) is 0.458. The number of carbonyl (C=O) groups excluding carboxylic acids is 1. The largest absolute Gasteiger partial charge is 0.445 e. The van der Waals surface area contributed by atoms with Gasteiger partial charge in [-0.05, 0) is 43.5 Å². The maximum absolute atomic E-state index is 12.9. The third-order valence-electron chi connectivity index (χ3n) is 5.81. The molecule has 29 heavy (non-hydrogen) atoms. The lowest BCUT2D eigenvalue weighted by molar-refractivity contribution is 0.0431. The number of hydrogen-bond acceptors (Lipinski definition) is 4. The molecule has 2 aliphatic heterocycles. The molecule has 2 aromatic rings. The van der Waals surface area contributed by atoms with E-state index in [-0.39, 0.29) is 18.2 Å². The Balaban J connectivity index is 1.35. The minimum absolute atomic E-state index is 0.0482. The Hall–Kier alpha value is -2.37. The van der Waals surface area contributed by atoms with E-state index in [0.717, 1.165) is 37.2 Å². The molecule has 0 N–H and O–H groups in total. The summed E-state index contributed by atoms with van der Waals surface area (Å²) in [5, 5.41) is 0. The van der Waals surface area contributed by atoms with Crippen LogP contribution in [-0.4, -0.2) is 54.2 Å². The highest BCUT2D eigenvalue weighted by atomic mass is 16.6. The molecule has 2 atom stereocenters. The Labute approximate surface area is 173 Å². The highest BCUT2D eigenvalue weighted by Gasteiger charge is 2.38. The molecule has 0 spiro atoms. The summed E-state index contributed by atoms with van der Waals surface area (Å²) in [6.07, 6.45) is 3.18. The van der Waals surface area contributed by atoms with Gasteiger partial charge in [0.2, 0.25) is 0 Å². The molecule has 0 saturated carbocycles. The molecule has 154 valence electrons. The first-order valence-corrected chi connectivity index (χ1v) is 10.6. The quantitative estimate of drug-likeness (QED) is 0.710. The number of ether oxygens (including phenoxy) is 2. The van der Waals surface area contributed by atoms with Gasteiger partial charge in [0, 0.05) is 6.54 Å². The van der Waals surface area contributed by atoms with Crippen molar-refractivity contribution in [2.75, 3.05) is 26.2 Å². The molecule has 2 heterocycles. The molecule has 2 aliphatic rings. The SMILES string of the molecule is O=C(OCc1ccccc1)N1C[C@H](OCc2ccccc2)C[C@H]1CN1CCCC1. The molecule has 0 aliphatic carbocycles. The summed E-state index contributed by atoms with van der Waals surface area (Å²) in [6.45, 7) is 4.64. The smallest absolute Gasteiger partial charge is 0.410 e. The van der Waals surface area contributed by atoms with Gasteiger partial charge in [0.15, 0.2) is 0 Å². The molecule has 1 amide bonds. The molecule has 4 rings (SSSR count). The summed E-state index contributed by atoms with van der Waals surface area (Å²) in [6, 6.07) is 20.2. The normalized spacial score (nSPS) is 22.1. The zero-order valence-corrected chi connectivity index (χ0v) is 16.9. The van der Waals surface area contributed by atoms with Crippen molar-refractivity contribution in [3.8, 4) is 0 Å². The van der Waals surface area contributed by atoms with Crippen molar-refractivity contribution in [3.05, 3.63) is 71.8 Å². The van der Waals surface area contributed by atoms with Crippen LogP contribution in [0.2, 0.25) is 0 Å². The van der Waals surface area contributed by atoms with E-state index in [1.807, 2.05) is 53.4 Å². The van der Waals surface area contributed by atoms with Crippen LogP contribution in [0.3, 0.4) is 0 Å². The van der Waals surface area contributed by atoms with Crippen LogP contribution in [-0.2, 0) is 22.7 Å². The molecule has 2 saturated heterocycles. The minimum atomic E-state index is -0.233. The van der Waals surface area contributed by atoms with E-state index in [1.165, 1.54) is 12.8 Å². The Kier molecular flexibility index (Phi) is 6.80. The van der Waals surface area contributed by atoms with Gasteiger partial charge in [-0.1, -0.05) is 60.7 Å². The van der Waals surface area contributed by atoms with Crippen molar-refractivity contribution in [2.24, 2.45) is 0 Å². The number of nitrogens with zero attached hydrogens (tertiary/aromatic N) is 2. The zero-order valence-electron chi connectivity index (χ0n) is 16.9. The fourth-order valence-electron chi connectivity index (χ4n) is 4.24. The number of likely N-dealkylation sites (tertiary alicyclic amines) is 2. The fourth-order valence-corrected chi connectivity index (χ4v) is 4.24. The van der Waals surface area contributed by atoms with E-state index in [0.29, 0.717) is 19.8 Å². The molecular weight excluding hydrogens is 364 g/mol. The van der Waals surface area contributed by atoms with Gasteiger partial charge in [-0.25, -0.2) is 4.79 Å². The second kappa shape index (κ2) is 9.90. The van der Waals surface area contributed by atoms with Crippen LogP contribution in [0, 0.1) is 0 Å². The van der Waals surface area contributed by atoms with Crippen molar-refractivity contribution in [1.82, 2.24) is 9.80 Å². The average molecular weight is 395 g/mol. The highest BCUT2D eigenvalue weighted by molar-refractivity contribution is 5.68. The van der Waals surface area contributed by atoms with Crippen molar-refractivity contribution in [2.45, 2.75) is 44.6 Å². The van der Waals surface area contributed by atoms with E-state index >= 15 is 0 Å². The monoisotopic (exact) mass is 394 g/mol. The van der Waals surface area contributed by atoms with Crippen LogP contribution in [0.5, 0.6) is 0 Å². The summed E-state index contributed by atoms with van der Waals surface area (Å²) in [7, 11) is 0. The van der Waals surface area contributed by atoms with Crippen LogP contribution in [0.4, 0.5) is 4.79 Å². The van der Waals surface area contributed by atoms with Gasteiger partial charge in [-0.2, -0.15) is 0 Å². The van der Waals surface area contributed by atoms with E-state index in [4.69, 9.17) is 9.47 Å². The molecule has 0 bridgehead atoms. The van der Waals surface area contributed by atoms with E-state index < -0.39 is 0 Å². The van der Waals surface area contributed by atoms with Gasteiger partial charge in [0.05, 0.1) is 25.3 Å². The Morgan fingerprint density at radius 3 is 2.17 bits per heavy atom. The van der Waals surface area contributed by atoms with Gasteiger partial charge >= 0.3 is 6.09 Å². The lowest BCUT2D eigenvalue weighted by Gasteiger charge is -2.27. The van der Waals surface area contributed by atoms with E-state index in [9.17, 15) is 4.79 Å². The van der Waals surface area contributed by atoms with E-state index in [2.05, 4.69) is 17.0 Å². The Morgan fingerprint density at radius 2 is 1.52 bits per heavy atom. The Morgan fingerprint density at radius 1 is 0.897 bits per heavy atom. The zero-order chi connectivity index (χ0) is 19.9. The summed E-state index contributed by atoms with van der Waals surface area (Å²) in [5.41, 5.74) is 2.17. The standard InChI is InChI=1S/C24H30N2O3/c27-24(29-19-21-11-5-2-6-12-21)26-17-23(28-18-20-9-3-1-4-10-20)15-22(26)16-25-13-7-8-14-25/h1-6,9-12,22-23H,7-8,13-19H2/t22-,23+/m0/s1. The van der Waals surface area contributed by atoms with Gasteiger partial charge in [0.25, 0.3) is 0 Å². The van der Waals surface area contributed by atoms with Gasteiger partial charge in [0.1, 0.15) is 6.61 Å². The summed E-state index contributed by atoms with van der Waals surface area (Å²) >= 11 is 0. The first-order chi connectivity index (χ1) is 14.3. The van der Waals surface area contributed by atoms with Crippen LogP contribution in [0.1, 0.15) is 30.4 Å². The second-order valence-corrected chi connectivity index (χ2v) is 8.01. The molecule has 2 fully saturated rings. The summed E-state index contributed by atoms with van der Waals surface area (Å²) in [5.74, 6) is 0. The minimum Gasteiger partial charge on any atom is -0.445 e. The van der Waals surface area contributed by atoms with Gasteiger partial charge in [-0.3, -0.25) is 0 Å². The number of carbonyl (C=O) groups is 1. The van der Waals surface area contributed by atoms with Gasteiger partial charge < -0.3 is 19.3 Å². The maximum atomic E-state index is 12.9. The lowest BCUT2D eigenvalue weighted by atomic mass is 10.2. The van der Waals surface area contributed by atoms with Crippen molar-refractivity contribution in [3.63, 3.8) is 0 Å². The van der Waals surface area contributed by atoms with Crippen LogP contribution in [0.25, 0.3) is 0 Å². The molecule has 5 nitrogen and oxygen atoms in total. The highest BCUT2D eigenvalue weighted by Crippen LogP contribution is 2.25. The molecular formula is C24H30N2O3. The Bertz CT molecular complexity index is 762. The lowest BCUT2D eigenvalue weighted by Crippen LogP contribution is -2.42. The van der Waals surface area contributed by atoms with Gasteiger partial charge in [-0.15, -0.1) is 0 Å². The number of rotatable bonds is 7. The third-order valence-corrected chi connectivity index (χ3v) is 5.81. The molecule has 0 unspecified atom stereocenters. The predicted octanol–water partition coefficient (Wildman–Crippen LogP) is 4.08. The molecule has 0 aromatic heterocycles. The predicted molar refractivity (Wildman–Crippen MR) is 112 cm³/mol. The first kappa shape index (κ1) is 19.9. The summed E-state index contributed by atoms with van der Waals surface area (Å²) < 4.78 is 11.8. The second-order valence-electron chi connectivity index (χ2n) is 8.01. The molecule has 5 heteroatoms. The third kappa shape index (κ3) is 5.58. The van der Waals surface area contributed by atoms with E-state index in [1.54, 1.807) is 0 Å². The number of hydrogen-bond donors (Lipinski definition) is 0. The van der Waals surface area contributed by atoms with Crippen LogP contribution >= 0.6 is 0 Å². The first-order valence-electron chi connectivity index (χ1n) is 10.6. The molecule has 0 radical (unpaired) electrons.